The van der Waals surface area contributed by atoms with Gasteiger partial charge in [0.2, 0.25) is 0 Å². The molecule has 0 unspecified atom stereocenters. The first kappa shape index (κ1) is 23.3. The average Bonchev–Trinajstić information content (AvgIpc) is 3.23. The van der Waals surface area contributed by atoms with Crippen molar-refractivity contribution in [3.05, 3.63) is 71.5 Å². The van der Waals surface area contributed by atoms with Crippen LogP contribution >= 0.6 is 23.5 Å². The van der Waals surface area contributed by atoms with Gasteiger partial charge in [0.15, 0.2) is 10.9 Å². The summed E-state index contributed by atoms with van der Waals surface area (Å²) in [6, 6.07) is 13.3. The van der Waals surface area contributed by atoms with Crippen molar-refractivity contribution in [1.29, 1.82) is 0 Å². The number of fused-ring (bicyclic) bond motifs is 1. The number of imidazole rings is 1. The van der Waals surface area contributed by atoms with Crippen molar-refractivity contribution in [1.82, 2.24) is 15.0 Å². The molecule has 2 aromatic carbocycles. The molecule has 0 amide bonds. The average molecular weight is 492 g/mol. The second-order valence-corrected chi connectivity index (χ2v) is 8.97. The molecule has 0 spiro atoms. The number of H-pyrrole nitrogens is 1. The van der Waals surface area contributed by atoms with Crippen LogP contribution in [0, 0.1) is 0 Å². The summed E-state index contributed by atoms with van der Waals surface area (Å²) in [6.45, 7) is 0. The zero-order valence-electron chi connectivity index (χ0n) is 17.8. The SMILES string of the molecule is COc1ccc(CSc2ccnc(CSc3nc4ccc(C(F)(F)F)cc4[nH]3)c2OC)cc1. The van der Waals surface area contributed by atoms with Gasteiger partial charge in [0.25, 0.3) is 0 Å². The summed E-state index contributed by atoms with van der Waals surface area (Å²) in [6.07, 6.45) is -2.67. The number of rotatable bonds is 8. The number of nitrogens with zero attached hydrogens (tertiary/aromatic N) is 2. The lowest BCUT2D eigenvalue weighted by atomic mass is 10.2. The number of methoxy groups -OCH3 is 2. The molecule has 0 saturated carbocycles. The summed E-state index contributed by atoms with van der Waals surface area (Å²) in [7, 11) is 3.23. The first-order valence-corrected chi connectivity index (χ1v) is 11.8. The van der Waals surface area contributed by atoms with E-state index in [2.05, 4.69) is 15.0 Å². The zero-order chi connectivity index (χ0) is 23.4. The number of benzene rings is 2. The quantitative estimate of drug-likeness (QED) is 0.281. The predicted octanol–water partition coefficient (Wildman–Crippen LogP) is 6.58. The molecule has 0 radical (unpaired) electrons. The zero-order valence-corrected chi connectivity index (χ0v) is 19.4. The predicted molar refractivity (Wildman–Crippen MR) is 124 cm³/mol. The van der Waals surface area contributed by atoms with Gasteiger partial charge in [-0.1, -0.05) is 23.9 Å². The second kappa shape index (κ2) is 9.96. The van der Waals surface area contributed by atoms with Gasteiger partial charge >= 0.3 is 6.18 Å². The van der Waals surface area contributed by atoms with E-state index < -0.39 is 11.7 Å². The number of aromatic amines is 1. The van der Waals surface area contributed by atoms with Crippen LogP contribution < -0.4 is 9.47 Å². The largest absolute Gasteiger partial charge is 0.497 e. The van der Waals surface area contributed by atoms with Crippen molar-refractivity contribution >= 4 is 34.6 Å². The Balaban J connectivity index is 1.46. The molecular formula is C23H20F3N3O2S2. The maximum atomic E-state index is 12.9. The van der Waals surface area contributed by atoms with Crippen LogP contribution in [0.1, 0.15) is 16.8 Å². The Morgan fingerprint density at radius 2 is 1.73 bits per heavy atom. The van der Waals surface area contributed by atoms with E-state index in [0.29, 0.717) is 27.7 Å². The van der Waals surface area contributed by atoms with Gasteiger partial charge in [-0.2, -0.15) is 13.2 Å². The van der Waals surface area contributed by atoms with Gasteiger partial charge in [-0.05, 0) is 42.0 Å². The Morgan fingerprint density at radius 1 is 0.939 bits per heavy atom. The van der Waals surface area contributed by atoms with Crippen LogP contribution in [0.5, 0.6) is 11.5 Å². The van der Waals surface area contributed by atoms with Crippen molar-refractivity contribution in [2.75, 3.05) is 14.2 Å². The Hall–Kier alpha value is -2.85. The van der Waals surface area contributed by atoms with Crippen molar-refractivity contribution in [3.8, 4) is 11.5 Å². The molecule has 33 heavy (non-hydrogen) atoms. The number of thioether (sulfide) groups is 2. The van der Waals surface area contributed by atoms with Crippen molar-refractivity contribution in [2.24, 2.45) is 0 Å². The van der Waals surface area contributed by atoms with Crippen LogP contribution in [-0.4, -0.2) is 29.2 Å². The van der Waals surface area contributed by atoms with Crippen LogP contribution in [0.15, 0.2) is 64.8 Å². The molecule has 5 nitrogen and oxygen atoms in total. The highest BCUT2D eigenvalue weighted by molar-refractivity contribution is 7.98. The molecule has 4 rings (SSSR count). The van der Waals surface area contributed by atoms with E-state index in [1.165, 1.54) is 17.8 Å². The van der Waals surface area contributed by atoms with Gasteiger partial charge in [0.1, 0.15) is 5.75 Å². The number of halogens is 3. The van der Waals surface area contributed by atoms with Crippen molar-refractivity contribution in [3.63, 3.8) is 0 Å². The molecule has 0 saturated heterocycles. The van der Waals surface area contributed by atoms with E-state index in [1.54, 1.807) is 32.2 Å². The number of hydrogen-bond donors (Lipinski definition) is 1. The van der Waals surface area contributed by atoms with Gasteiger partial charge in [0, 0.05) is 17.7 Å². The number of ether oxygens (including phenoxy) is 2. The molecule has 0 atom stereocenters. The molecule has 0 fully saturated rings. The lowest BCUT2D eigenvalue weighted by molar-refractivity contribution is -0.137. The summed E-state index contributed by atoms with van der Waals surface area (Å²) in [5, 5.41) is 0.518. The standard InChI is InChI=1S/C23H20F3N3O2S2/c1-30-16-6-3-14(4-7-16)12-32-20-9-10-27-19(21(20)31-2)13-33-22-28-17-8-5-15(23(24,25)26)11-18(17)29-22/h3-11H,12-13H2,1-2H3,(H,28,29). The lowest BCUT2D eigenvalue weighted by Crippen LogP contribution is -2.04. The van der Waals surface area contributed by atoms with E-state index in [4.69, 9.17) is 9.47 Å². The van der Waals surface area contributed by atoms with Gasteiger partial charge in [-0.3, -0.25) is 4.98 Å². The smallest absolute Gasteiger partial charge is 0.416 e. The van der Waals surface area contributed by atoms with Gasteiger partial charge < -0.3 is 14.5 Å². The van der Waals surface area contributed by atoms with Gasteiger partial charge in [-0.25, -0.2) is 4.98 Å². The van der Waals surface area contributed by atoms with Crippen LogP contribution in [0.25, 0.3) is 11.0 Å². The van der Waals surface area contributed by atoms with E-state index >= 15 is 0 Å². The molecular weight excluding hydrogens is 471 g/mol. The fourth-order valence-corrected chi connectivity index (χ4v) is 4.98. The Kier molecular flexibility index (Phi) is 7.04. The molecule has 2 heterocycles. The lowest BCUT2D eigenvalue weighted by Gasteiger charge is -2.12. The molecule has 2 aromatic heterocycles. The Morgan fingerprint density at radius 3 is 2.42 bits per heavy atom. The molecule has 0 aliphatic carbocycles. The second-order valence-electron chi connectivity index (χ2n) is 6.99. The van der Waals surface area contributed by atoms with Crippen molar-refractivity contribution in [2.45, 2.75) is 27.7 Å². The minimum Gasteiger partial charge on any atom is -0.497 e. The Labute approximate surface area is 197 Å². The van der Waals surface area contributed by atoms with Crippen LogP contribution in [0.3, 0.4) is 0 Å². The molecule has 0 aliphatic heterocycles. The Bertz CT molecular complexity index is 1240. The summed E-state index contributed by atoms with van der Waals surface area (Å²) in [5.74, 6) is 2.69. The first-order chi connectivity index (χ1) is 15.9. The summed E-state index contributed by atoms with van der Waals surface area (Å²) in [5.41, 5.74) is 2.00. The topological polar surface area (TPSA) is 60.0 Å². The third kappa shape index (κ3) is 5.56. The summed E-state index contributed by atoms with van der Waals surface area (Å²) < 4.78 is 49.7. The minimum atomic E-state index is -4.40. The van der Waals surface area contributed by atoms with Gasteiger partial charge in [-0.15, -0.1) is 11.8 Å². The molecule has 10 heteroatoms. The van der Waals surface area contributed by atoms with E-state index in [0.717, 1.165) is 39.8 Å². The summed E-state index contributed by atoms with van der Waals surface area (Å²) >= 11 is 2.99. The minimum absolute atomic E-state index is 0.344. The van der Waals surface area contributed by atoms with Gasteiger partial charge in [0.05, 0.1) is 41.4 Å². The number of aromatic nitrogens is 3. The normalized spacial score (nSPS) is 11.7. The summed E-state index contributed by atoms with van der Waals surface area (Å²) in [4.78, 5) is 12.7. The molecule has 0 bridgehead atoms. The van der Waals surface area contributed by atoms with Crippen LogP contribution in [0.4, 0.5) is 13.2 Å². The number of nitrogens with one attached hydrogen (secondary N) is 1. The third-order valence-corrected chi connectivity index (χ3v) is 6.83. The third-order valence-electron chi connectivity index (χ3n) is 4.83. The van der Waals surface area contributed by atoms with E-state index in [1.807, 2.05) is 30.3 Å². The maximum Gasteiger partial charge on any atom is 0.416 e. The van der Waals surface area contributed by atoms with E-state index in [9.17, 15) is 13.2 Å². The molecule has 0 aliphatic rings. The number of alkyl halides is 3. The first-order valence-electron chi connectivity index (χ1n) is 9.84. The highest BCUT2D eigenvalue weighted by Gasteiger charge is 2.30. The van der Waals surface area contributed by atoms with Crippen LogP contribution in [-0.2, 0) is 17.7 Å². The number of hydrogen-bond acceptors (Lipinski definition) is 6. The highest BCUT2D eigenvalue weighted by atomic mass is 32.2. The fourth-order valence-electron chi connectivity index (χ4n) is 3.16. The van der Waals surface area contributed by atoms with Crippen molar-refractivity contribution < 1.29 is 22.6 Å². The number of pyridine rings is 1. The maximum absolute atomic E-state index is 12.9. The highest BCUT2D eigenvalue weighted by Crippen LogP contribution is 2.36. The monoisotopic (exact) mass is 491 g/mol. The molecule has 172 valence electrons. The van der Waals surface area contributed by atoms with E-state index in [-0.39, 0.29) is 0 Å². The molecule has 1 N–H and O–H groups in total. The van der Waals surface area contributed by atoms with Crippen LogP contribution in [0.2, 0.25) is 0 Å². The fraction of sp³-hybridized carbons (Fsp3) is 0.217. The molecule has 4 aromatic rings.